The Morgan fingerprint density at radius 1 is 1.04 bits per heavy atom. The molecule has 0 aliphatic rings. The van der Waals surface area contributed by atoms with Gasteiger partial charge in [-0.15, -0.1) is 0 Å². The maximum atomic E-state index is 11.8. The van der Waals surface area contributed by atoms with E-state index >= 15 is 0 Å². The van der Waals surface area contributed by atoms with E-state index in [9.17, 15) is 4.79 Å². The predicted molar refractivity (Wildman–Crippen MR) is 94.0 cm³/mol. The molecule has 0 saturated carbocycles. The third-order valence-corrected chi connectivity index (χ3v) is 4.39. The molecule has 2 atom stereocenters. The van der Waals surface area contributed by atoms with Gasteiger partial charge in [0.2, 0.25) is 5.56 Å². The lowest BCUT2D eigenvalue weighted by atomic mass is 9.90. The van der Waals surface area contributed by atoms with E-state index in [0.29, 0.717) is 17.8 Å². The van der Waals surface area contributed by atoms with Crippen LogP contribution < -0.4 is 5.56 Å². The number of aryl methyl sites for hydroxylation is 1. The first kappa shape index (κ1) is 17.4. The second kappa shape index (κ2) is 7.53. The van der Waals surface area contributed by atoms with Gasteiger partial charge in [-0.05, 0) is 49.1 Å². The SMILES string of the molecule is Cc1cncc(C(C)CCC(C)c2cc(C(C)C)[nH]c(=O)c2)n1. The third kappa shape index (κ3) is 4.75. The fourth-order valence-corrected chi connectivity index (χ4v) is 2.72. The summed E-state index contributed by atoms with van der Waals surface area (Å²) in [6, 6.07) is 3.86. The van der Waals surface area contributed by atoms with E-state index in [-0.39, 0.29) is 5.56 Å². The molecule has 1 N–H and O–H groups in total. The van der Waals surface area contributed by atoms with Crippen LogP contribution in [-0.4, -0.2) is 15.0 Å². The molecule has 0 bridgehead atoms. The summed E-state index contributed by atoms with van der Waals surface area (Å²) in [5.41, 5.74) is 4.14. The maximum absolute atomic E-state index is 11.8. The molecule has 0 saturated heterocycles. The Kier molecular flexibility index (Phi) is 5.69. The number of aromatic nitrogens is 3. The van der Waals surface area contributed by atoms with Crippen molar-refractivity contribution in [2.75, 3.05) is 0 Å². The van der Waals surface area contributed by atoms with Crippen LogP contribution in [0.3, 0.4) is 0 Å². The molecule has 4 nitrogen and oxygen atoms in total. The summed E-state index contributed by atoms with van der Waals surface area (Å²) < 4.78 is 0. The highest BCUT2D eigenvalue weighted by molar-refractivity contribution is 5.22. The van der Waals surface area contributed by atoms with Crippen molar-refractivity contribution < 1.29 is 0 Å². The lowest BCUT2D eigenvalue weighted by Gasteiger charge is -2.17. The lowest BCUT2D eigenvalue weighted by Crippen LogP contribution is -2.12. The average molecular weight is 313 g/mol. The van der Waals surface area contributed by atoms with Gasteiger partial charge in [0.05, 0.1) is 11.4 Å². The van der Waals surface area contributed by atoms with Crippen LogP contribution in [0.1, 0.15) is 80.9 Å². The minimum Gasteiger partial charge on any atom is -0.326 e. The van der Waals surface area contributed by atoms with Crippen molar-refractivity contribution in [1.29, 1.82) is 0 Å². The molecule has 2 heterocycles. The molecule has 23 heavy (non-hydrogen) atoms. The van der Waals surface area contributed by atoms with Crippen molar-refractivity contribution >= 4 is 0 Å². The van der Waals surface area contributed by atoms with Gasteiger partial charge in [0.25, 0.3) is 0 Å². The zero-order valence-corrected chi connectivity index (χ0v) is 14.8. The fraction of sp³-hybridized carbons (Fsp3) is 0.526. The predicted octanol–water partition coefficient (Wildman–Crippen LogP) is 4.28. The third-order valence-electron chi connectivity index (χ3n) is 4.39. The Balaban J connectivity index is 2.04. The molecule has 0 fully saturated rings. The number of rotatable bonds is 6. The molecule has 2 rings (SSSR count). The second-order valence-corrected chi connectivity index (χ2v) is 6.85. The first-order valence-corrected chi connectivity index (χ1v) is 8.39. The molecule has 0 amide bonds. The fourth-order valence-electron chi connectivity index (χ4n) is 2.72. The van der Waals surface area contributed by atoms with Crippen molar-refractivity contribution in [1.82, 2.24) is 15.0 Å². The summed E-state index contributed by atoms with van der Waals surface area (Å²) in [7, 11) is 0. The number of aromatic amines is 1. The summed E-state index contributed by atoms with van der Waals surface area (Å²) in [5.74, 6) is 1.06. The highest BCUT2D eigenvalue weighted by Crippen LogP contribution is 2.27. The number of nitrogens with zero attached hydrogens (tertiary/aromatic N) is 2. The molecule has 2 unspecified atom stereocenters. The Morgan fingerprint density at radius 3 is 2.39 bits per heavy atom. The van der Waals surface area contributed by atoms with E-state index in [1.54, 1.807) is 12.3 Å². The number of hydrogen-bond acceptors (Lipinski definition) is 3. The summed E-state index contributed by atoms with van der Waals surface area (Å²) in [6.45, 7) is 10.5. The van der Waals surface area contributed by atoms with Crippen LogP contribution in [0.2, 0.25) is 0 Å². The van der Waals surface area contributed by atoms with Crippen molar-refractivity contribution in [3.63, 3.8) is 0 Å². The Bertz CT molecular complexity index is 706. The molecular formula is C19H27N3O. The quantitative estimate of drug-likeness (QED) is 0.865. The minimum absolute atomic E-state index is 0.00403. The van der Waals surface area contributed by atoms with Gasteiger partial charge >= 0.3 is 0 Å². The second-order valence-electron chi connectivity index (χ2n) is 6.85. The van der Waals surface area contributed by atoms with E-state index in [2.05, 4.69) is 48.7 Å². The molecular weight excluding hydrogens is 286 g/mol. The van der Waals surface area contributed by atoms with E-state index in [1.165, 1.54) is 0 Å². The summed E-state index contributed by atoms with van der Waals surface area (Å²) in [4.78, 5) is 23.6. The highest BCUT2D eigenvalue weighted by Gasteiger charge is 2.13. The van der Waals surface area contributed by atoms with Gasteiger partial charge in [-0.2, -0.15) is 0 Å². The summed E-state index contributed by atoms with van der Waals surface area (Å²) >= 11 is 0. The number of hydrogen-bond donors (Lipinski definition) is 1. The molecule has 0 aliphatic heterocycles. The largest absolute Gasteiger partial charge is 0.326 e. The smallest absolute Gasteiger partial charge is 0.248 e. The topological polar surface area (TPSA) is 58.6 Å². The van der Waals surface area contributed by atoms with Crippen LogP contribution in [0.5, 0.6) is 0 Å². The van der Waals surface area contributed by atoms with Crippen molar-refractivity contribution in [2.45, 2.75) is 65.2 Å². The van der Waals surface area contributed by atoms with Crippen molar-refractivity contribution in [3.8, 4) is 0 Å². The maximum Gasteiger partial charge on any atom is 0.248 e. The first-order chi connectivity index (χ1) is 10.9. The van der Waals surface area contributed by atoms with Crippen LogP contribution in [-0.2, 0) is 0 Å². The summed E-state index contributed by atoms with van der Waals surface area (Å²) in [5, 5.41) is 0. The summed E-state index contributed by atoms with van der Waals surface area (Å²) in [6.07, 6.45) is 5.69. The Hall–Kier alpha value is -1.97. The van der Waals surface area contributed by atoms with Crippen LogP contribution >= 0.6 is 0 Å². The molecule has 0 spiro atoms. The van der Waals surface area contributed by atoms with Crippen LogP contribution in [0.15, 0.2) is 29.3 Å². The molecule has 2 aromatic heterocycles. The zero-order chi connectivity index (χ0) is 17.0. The lowest BCUT2D eigenvalue weighted by molar-refractivity contribution is 0.561. The monoisotopic (exact) mass is 313 g/mol. The van der Waals surface area contributed by atoms with Crippen molar-refractivity contribution in [2.24, 2.45) is 0 Å². The van der Waals surface area contributed by atoms with E-state index < -0.39 is 0 Å². The van der Waals surface area contributed by atoms with E-state index in [0.717, 1.165) is 35.5 Å². The molecule has 0 aliphatic carbocycles. The number of nitrogens with one attached hydrogen (secondary N) is 1. The van der Waals surface area contributed by atoms with Crippen molar-refractivity contribution in [3.05, 3.63) is 57.5 Å². The van der Waals surface area contributed by atoms with Crippen LogP contribution in [0.4, 0.5) is 0 Å². The molecule has 124 valence electrons. The molecule has 0 aromatic carbocycles. The van der Waals surface area contributed by atoms with Crippen LogP contribution in [0.25, 0.3) is 0 Å². The minimum atomic E-state index is -0.00403. The Morgan fingerprint density at radius 2 is 1.74 bits per heavy atom. The zero-order valence-electron chi connectivity index (χ0n) is 14.8. The van der Waals surface area contributed by atoms with Gasteiger partial charge in [-0.1, -0.05) is 27.7 Å². The highest BCUT2D eigenvalue weighted by atomic mass is 16.1. The first-order valence-electron chi connectivity index (χ1n) is 8.39. The van der Waals surface area contributed by atoms with E-state index in [4.69, 9.17) is 0 Å². The Labute approximate surface area is 138 Å². The van der Waals surface area contributed by atoms with Gasteiger partial charge in [0.15, 0.2) is 0 Å². The molecule has 2 aromatic rings. The van der Waals surface area contributed by atoms with E-state index in [1.807, 2.05) is 13.1 Å². The number of pyridine rings is 1. The normalized spacial score (nSPS) is 14.0. The standard InChI is InChI=1S/C19H27N3O/c1-12(2)17-8-16(9-19(23)22-17)13(3)6-7-14(4)18-11-20-10-15(5)21-18/h8-14H,6-7H2,1-5H3,(H,22,23). The van der Waals surface area contributed by atoms with Gasteiger partial charge in [0, 0.05) is 24.2 Å². The van der Waals surface area contributed by atoms with Gasteiger partial charge in [-0.25, -0.2) is 0 Å². The molecule has 0 radical (unpaired) electrons. The average Bonchev–Trinajstić information content (AvgIpc) is 2.51. The van der Waals surface area contributed by atoms with Gasteiger partial charge in [0.1, 0.15) is 0 Å². The van der Waals surface area contributed by atoms with Crippen LogP contribution in [0, 0.1) is 6.92 Å². The number of H-pyrrole nitrogens is 1. The molecule has 4 heteroatoms. The van der Waals surface area contributed by atoms with Gasteiger partial charge in [-0.3, -0.25) is 14.8 Å². The van der Waals surface area contributed by atoms with Gasteiger partial charge < -0.3 is 4.98 Å².